The summed E-state index contributed by atoms with van der Waals surface area (Å²) in [5.74, 6) is 1.03. The van der Waals surface area contributed by atoms with Gasteiger partial charge in [-0.1, -0.05) is 30.3 Å². The standard InChI is InChI=1S/C22H17NO3/c1-12-7-8-16-19(9-12)25-20-10-13(2)18(23)11-17(20)22(16)15-6-4-3-5-14(15)21(24)26-22/h3-11H,23H2,1-2H3. The summed E-state index contributed by atoms with van der Waals surface area (Å²) in [6, 6.07) is 17.2. The first-order chi connectivity index (χ1) is 12.5. The van der Waals surface area contributed by atoms with Gasteiger partial charge >= 0.3 is 5.97 Å². The summed E-state index contributed by atoms with van der Waals surface area (Å²) in [5, 5.41) is 0. The molecule has 5 rings (SSSR count). The van der Waals surface area contributed by atoms with Crippen molar-refractivity contribution in [2.24, 2.45) is 0 Å². The second kappa shape index (κ2) is 4.88. The van der Waals surface area contributed by atoms with E-state index in [-0.39, 0.29) is 5.97 Å². The van der Waals surface area contributed by atoms with E-state index >= 15 is 0 Å². The van der Waals surface area contributed by atoms with Crippen molar-refractivity contribution < 1.29 is 14.3 Å². The van der Waals surface area contributed by atoms with E-state index in [2.05, 4.69) is 0 Å². The number of carbonyl (C=O) groups excluding carboxylic acids is 1. The number of nitrogen functional groups attached to an aromatic ring is 1. The van der Waals surface area contributed by atoms with E-state index in [9.17, 15) is 4.79 Å². The molecule has 1 atom stereocenters. The van der Waals surface area contributed by atoms with Gasteiger partial charge in [0, 0.05) is 22.4 Å². The van der Waals surface area contributed by atoms with Gasteiger partial charge in [-0.25, -0.2) is 4.79 Å². The number of hydrogen-bond donors (Lipinski definition) is 1. The summed E-state index contributed by atoms with van der Waals surface area (Å²) in [4.78, 5) is 12.7. The molecule has 0 aliphatic carbocycles. The molecule has 2 aliphatic heterocycles. The molecule has 0 bridgehead atoms. The number of hydrogen-bond acceptors (Lipinski definition) is 4. The first kappa shape index (κ1) is 15.0. The predicted octanol–water partition coefficient (Wildman–Crippen LogP) is 4.45. The van der Waals surface area contributed by atoms with Crippen LogP contribution in [0.3, 0.4) is 0 Å². The zero-order valence-corrected chi connectivity index (χ0v) is 14.5. The smallest absolute Gasteiger partial charge is 0.340 e. The number of aryl methyl sites for hydroxylation is 2. The van der Waals surface area contributed by atoms with Gasteiger partial charge in [-0.05, 0) is 49.2 Å². The fourth-order valence-electron chi connectivity index (χ4n) is 3.94. The van der Waals surface area contributed by atoms with Crippen molar-refractivity contribution in [2.45, 2.75) is 19.4 Å². The third-order valence-electron chi connectivity index (χ3n) is 5.26. The SMILES string of the molecule is Cc1ccc2c(c1)Oc1cc(C)c(N)cc1C21OC(=O)c2ccccc21. The van der Waals surface area contributed by atoms with E-state index in [1.54, 1.807) is 6.07 Å². The van der Waals surface area contributed by atoms with Gasteiger partial charge in [0.15, 0.2) is 5.60 Å². The molecule has 4 heteroatoms. The lowest BCUT2D eigenvalue weighted by molar-refractivity contribution is 0.0224. The van der Waals surface area contributed by atoms with E-state index in [0.717, 1.165) is 27.8 Å². The average Bonchev–Trinajstić information content (AvgIpc) is 2.91. The highest BCUT2D eigenvalue weighted by molar-refractivity contribution is 5.97. The lowest BCUT2D eigenvalue weighted by Crippen LogP contribution is -2.33. The summed E-state index contributed by atoms with van der Waals surface area (Å²) >= 11 is 0. The monoisotopic (exact) mass is 343 g/mol. The van der Waals surface area contributed by atoms with E-state index in [1.165, 1.54) is 0 Å². The van der Waals surface area contributed by atoms with Crippen LogP contribution in [0.25, 0.3) is 0 Å². The summed E-state index contributed by atoms with van der Waals surface area (Å²) in [6.07, 6.45) is 0. The molecule has 0 saturated carbocycles. The van der Waals surface area contributed by atoms with E-state index in [1.807, 2.05) is 62.4 Å². The van der Waals surface area contributed by atoms with Gasteiger partial charge in [0.25, 0.3) is 0 Å². The van der Waals surface area contributed by atoms with Gasteiger partial charge in [-0.2, -0.15) is 0 Å². The molecule has 2 N–H and O–H groups in total. The van der Waals surface area contributed by atoms with Crippen LogP contribution in [0.1, 0.15) is 38.2 Å². The Kier molecular flexibility index (Phi) is 2.82. The van der Waals surface area contributed by atoms with Crippen LogP contribution >= 0.6 is 0 Å². The number of fused-ring (bicyclic) bond motifs is 6. The van der Waals surface area contributed by atoms with Crippen molar-refractivity contribution in [1.29, 1.82) is 0 Å². The maximum Gasteiger partial charge on any atom is 0.340 e. The van der Waals surface area contributed by atoms with Crippen LogP contribution in [-0.2, 0) is 10.3 Å². The third-order valence-corrected chi connectivity index (χ3v) is 5.26. The summed E-state index contributed by atoms with van der Waals surface area (Å²) in [6.45, 7) is 3.95. The molecule has 1 unspecified atom stereocenters. The first-order valence-corrected chi connectivity index (χ1v) is 8.53. The van der Waals surface area contributed by atoms with Crippen molar-refractivity contribution in [1.82, 2.24) is 0 Å². The van der Waals surface area contributed by atoms with Crippen molar-refractivity contribution in [3.05, 3.63) is 88.0 Å². The van der Waals surface area contributed by atoms with Gasteiger partial charge < -0.3 is 15.2 Å². The highest BCUT2D eigenvalue weighted by Crippen LogP contribution is 2.56. The molecule has 4 nitrogen and oxygen atoms in total. The van der Waals surface area contributed by atoms with Crippen molar-refractivity contribution in [3.63, 3.8) is 0 Å². The number of anilines is 1. The van der Waals surface area contributed by atoms with Crippen molar-refractivity contribution in [3.8, 4) is 11.5 Å². The molecule has 3 aromatic rings. The fourth-order valence-corrected chi connectivity index (χ4v) is 3.94. The quantitative estimate of drug-likeness (QED) is 0.484. The molecule has 2 heterocycles. The zero-order valence-electron chi connectivity index (χ0n) is 14.5. The second-order valence-corrected chi connectivity index (χ2v) is 6.92. The second-order valence-electron chi connectivity index (χ2n) is 6.92. The van der Waals surface area contributed by atoms with Gasteiger partial charge in [0.2, 0.25) is 0 Å². The van der Waals surface area contributed by atoms with Crippen LogP contribution in [-0.4, -0.2) is 5.97 Å². The van der Waals surface area contributed by atoms with Gasteiger partial charge in [-0.3, -0.25) is 0 Å². The fraction of sp³-hybridized carbons (Fsp3) is 0.136. The number of esters is 1. The Balaban J connectivity index is 1.92. The molecule has 2 aliphatic rings. The summed E-state index contributed by atoms with van der Waals surface area (Å²) in [5.41, 5.74) is 10.8. The number of benzene rings is 3. The summed E-state index contributed by atoms with van der Waals surface area (Å²) < 4.78 is 12.3. The Labute approximate surface area is 151 Å². The minimum Gasteiger partial charge on any atom is -0.456 e. The Bertz CT molecular complexity index is 1100. The number of ether oxygens (including phenoxy) is 2. The molecule has 26 heavy (non-hydrogen) atoms. The molecule has 0 radical (unpaired) electrons. The molecule has 0 fully saturated rings. The number of nitrogens with two attached hydrogens (primary N) is 1. The molecular weight excluding hydrogens is 326 g/mol. The summed E-state index contributed by atoms with van der Waals surface area (Å²) in [7, 11) is 0. The lowest BCUT2D eigenvalue weighted by atomic mass is 9.77. The highest BCUT2D eigenvalue weighted by Gasteiger charge is 2.53. The Hall–Kier alpha value is -3.27. The topological polar surface area (TPSA) is 61.6 Å². The minimum atomic E-state index is -1.04. The Morgan fingerprint density at radius 3 is 2.50 bits per heavy atom. The van der Waals surface area contributed by atoms with Gasteiger partial charge in [0.05, 0.1) is 5.56 Å². The van der Waals surface area contributed by atoms with E-state index < -0.39 is 5.60 Å². The maximum atomic E-state index is 12.7. The van der Waals surface area contributed by atoms with Crippen molar-refractivity contribution >= 4 is 11.7 Å². The van der Waals surface area contributed by atoms with Crippen LogP contribution < -0.4 is 10.5 Å². The molecule has 128 valence electrons. The first-order valence-electron chi connectivity index (χ1n) is 8.53. The van der Waals surface area contributed by atoms with E-state index in [4.69, 9.17) is 15.2 Å². The molecule has 0 amide bonds. The molecule has 0 aromatic heterocycles. The van der Waals surface area contributed by atoms with Gasteiger partial charge in [0.1, 0.15) is 11.5 Å². The minimum absolute atomic E-state index is 0.334. The average molecular weight is 343 g/mol. The number of carbonyl (C=O) groups is 1. The third kappa shape index (κ3) is 1.76. The highest BCUT2D eigenvalue weighted by atomic mass is 16.6. The maximum absolute atomic E-state index is 12.7. The van der Waals surface area contributed by atoms with E-state index in [0.29, 0.717) is 22.7 Å². The molecular formula is C22H17NO3. The van der Waals surface area contributed by atoms with Crippen LogP contribution in [0.15, 0.2) is 54.6 Å². The molecule has 1 spiro atoms. The zero-order chi connectivity index (χ0) is 18.1. The number of rotatable bonds is 0. The van der Waals surface area contributed by atoms with Crippen molar-refractivity contribution in [2.75, 3.05) is 5.73 Å². The lowest BCUT2D eigenvalue weighted by Gasteiger charge is -2.37. The van der Waals surface area contributed by atoms with Crippen LogP contribution in [0.4, 0.5) is 5.69 Å². The Morgan fingerprint density at radius 2 is 1.65 bits per heavy atom. The normalized spacial score (nSPS) is 19.4. The molecule has 3 aromatic carbocycles. The Morgan fingerprint density at radius 1 is 0.885 bits per heavy atom. The largest absolute Gasteiger partial charge is 0.456 e. The molecule has 0 saturated heterocycles. The van der Waals surface area contributed by atoms with Crippen LogP contribution in [0, 0.1) is 13.8 Å². The van der Waals surface area contributed by atoms with Crippen LogP contribution in [0.5, 0.6) is 11.5 Å². The predicted molar refractivity (Wildman–Crippen MR) is 98.6 cm³/mol. The van der Waals surface area contributed by atoms with Crippen LogP contribution in [0.2, 0.25) is 0 Å². The van der Waals surface area contributed by atoms with Gasteiger partial charge in [-0.15, -0.1) is 0 Å².